The highest BCUT2D eigenvalue weighted by Gasteiger charge is 2.31. The number of hydrazine groups is 1. The Morgan fingerprint density at radius 1 is 1.17 bits per heavy atom. The average molecular weight is 515 g/mol. The van der Waals surface area contributed by atoms with Gasteiger partial charge in [0.25, 0.3) is 10.0 Å². The number of nitrogens with one attached hydrogen (secondary N) is 2. The number of rotatable bonds is 6. The number of aryl methyl sites for hydroxylation is 1. The molecule has 36 heavy (non-hydrogen) atoms. The predicted octanol–water partition coefficient (Wildman–Crippen LogP) is 3.07. The Kier molecular flexibility index (Phi) is 6.90. The Balaban J connectivity index is 1.35. The van der Waals surface area contributed by atoms with Gasteiger partial charge in [-0.05, 0) is 58.2 Å². The third-order valence-electron chi connectivity index (χ3n) is 5.68. The molecule has 1 fully saturated rings. The highest BCUT2D eigenvalue weighted by molar-refractivity contribution is 7.90. The Morgan fingerprint density at radius 3 is 2.58 bits per heavy atom. The SMILES string of the molecule is Cc1ccc(S(=O)(=O)n2ccc3nc(NNC(=O)CC4CCN(C(=O)OC(C)(C)C)C4)cnc32)cc1. The number of anilines is 1. The number of likely N-dealkylation sites (tertiary alicyclic amines) is 1. The van der Waals surface area contributed by atoms with E-state index < -0.39 is 15.6 Å². The molecule has 1 unspecified atom stereocenters. The zero-order valence-electron chi connectivity index (χ0n) is 20.7. The molecule has 192 valence electrons. The lowest BCUT2D eigenvalue weighted by atomic mass is 10.1. The van der Waals surface area contributed by atoms with Crippen molar-refractivity contribution < 1.29 is 22.7 Å². The van der Waals surface area contributed by atoms with E-state index in [0.717, 1.165) is 9.54 Å². The fourth-order valence-corrected chi connectivity index (χ4v) is 5.20. The van der Waals surface area contributed by atoms with Gasteiger partial charge in [-0.15, -0.1) is 0 Å². The van der Waals surface area contributed by atoms with Crippen molar-refractivity contribution in [3.05, 3.63) is 48.3 Å². The monoisotopic (exact) mass is 514 g/mol. The van der Waals surface area contributed by atoms with Crippen LogP contribution in [0.25, 0.3) is 11.2 Å². The molecule has 4 rings (SSSR count). The Hall–Kier alpha value is -3.67. The smallest absolute Gasteiger partial charge is 0.410 e. The molecule has 2 amide bonds. The molecule has 0 radical (unpaired) electrons. The van der Waals surface area contributed by atoms with Gasteiger partial charge in [0.15, 0.2) is 11.5 Å². The van der Waals surface area contributed by atoms with Crippen LogP contribution < -0.4 is 10.9 Å². The second-order valence-corrected chi connectivity index (χ2v) is 11.7. The minimum absolute atomic E-state index is 0.0221. The van der Waals surface area contributed by atoms with Crippen LogP contribution in [0.15, 0.2) is 47.6 Å². The highest BCUT2D eigenvalue weighted by Crippen LogP contribution is 2.23. The number of hydrogen-bond acceptors (Lipinski definition) is 8. The molecular weight excluding hydrogens is 484 g/mol. The third kappa shape index (κ3) is 5.76. The van der Waals surface area contributed by atoms with Crippen molar-refractivity contribution in [1.29, 1.82) is 0 Å². The van der Waals surface area contributed by atoms with Gasteiger partial charge < -0.3 is 9.64 Å². The van der Waals surface area contributed by atoms with Crippen LogP contribution in [0.4, 0.5) is 10.6 Å². The van der Waals surface area contributed by atoms with Crippen LogP contribution in [0.5, 0.6) is 0 Å². The second kappa shape index (κ2) is 9.76. The minimum Gasteiger partial charge on any atom is -0.444 e. The van der Waals surface area contributed by atoms with Gasteiger partial charge in [-0.1, -0.05) is 17.7 Å². The Bertz CT molecular complexity index is 1380. The Labute approximate surface area is 209 Å². The molecule has 2 N–H and O–H groups in total. The number of benzene rings is 1. The molecular formula is C24H30N6O5S. The molecule has 1 atom stereocenters. The van der Waals surface area contributed by atoms with Crippen LogP contribution in [-0.4, -0.2) is 57.9 Å². The molecule has 2 aromatic heterocycles. The molecule has 1 aliphatic rings. The molecule has 0 saturated carbocycles. The van der Waals surface area contributed by atoms with Crippen LogP contribution in [0, 0.1) is 12.8 Å². The van der Waals surface area contributed by atoms with E-state index in [0.29, 0.717) is 25.0 Å². The van der Waals surface area contributed by atoms with Gasteiger partial charge in [0.1, 0.15) is 11.1 Å². The lowest BCUT2D eigenvalue weighted by Gasteiger charge is -2.24. The maximum absolute atomic E-state index is 13.0. The van der Waals surface area contributed by atoms with Gasteiger partial charge in [0.05, 0.1) is 11.1 Å². The van der Waals surface area contributed by atoms with Crippen LogP contribution >= 0.6 is 0 Å². The van der Waals surface area contributed by atoms with Crippen LogP contribution in [0.1, 0.15) is 39.2 Å². The van der Waals surface area contributed by atoms with Crippen molar-refractivity contribution >= 4 is 39.0 Å². The van der Waals surface area contributed by atoms with Gasteiger partial charge in [-0.2, -0.15) is 0 Å². The molecule has 0 spiro atoms. The second-order valence-electron chi connectivity index (χ2n) is 9.85. The van der Waals surface area contributed by atoms with Gasteiger partial charge in [-0.3, -0.25) is 15.6 Å². The molecule has 1 saturated heterocycles. The molecule has 0 aliphatic carbocycles. The van der Waals surface area contributed by atoms with E-state index in [1.54, 1.807) is 35.2 Å². The number of fused-ring (bicyclic) bond motifs is 1. The van der Waals surface area contributed by atoms with Crippen molar-refractivity contribution in [3.63, 3.8) is 0 Å². The van der Waals surface area contributed by atoms with Gasteiger partial charge in [0, 0.05) is 25.7 Å². The number of ether oxygens (including phenoxy) is 1. The molecule has 3 heterocycles. The average Bonchev–Trinajstić information content (AvgIpc) is 3.44. The molecule has 1 aliphatic heterocycles. The quantitative estimate of drug-likeness (QED) is 0.479. The summed E-state index contributed by atoms with van der Waals surface area (Å²) < 4.78 is 32.5. The van der Waals surface area contributed by atoms with Crippen molar-refractivity contribution in [2.75, 3.05) is 18.5 Å². The number of amides is 2. The lowest BCUT2D eigenvalue weighted by molar-refractivity contribution is -0.121. The number of nitrogens with zero attached hydrogens (tertiary/aromatic N) is 4. The summed E-state index contributed by atoms with van der Waals surface area (Å²) in [5.41, 5.74) is 6.24. The summed E-state index contributed by atoms with van der Waals surface area (Å²) in [7, 11) is -3.82. The number of aromatic nitrogens is 3. The van der Waals surface area contributed by atoms with Crippen LogP contribution in [-0.2, 0) is 19.6 Å². The first-order valence-corrected chi connectivity index (χ1v) is 13.1. The van der Waals surface area contributed by atoms with E-state index in [1.165, 1.54) is 12.4 Å². The summed E-state index contributed by atoms with van der Waals surface area (Å²) in [5.74, 6) is 0.0319. The van der Waals surface area contributed by atoms with Crippen molar-refractivity contribution in [2.24, 2.45) is 5.92 Å². The first-order chi connectivity index (χ1) is 16.9. The lowest BCUT2D eigenvalue weighted by Crippen LogP contribution is -2.36. The first-order valence-electron chi connectivity index (χ1n) is 11.6. The van der Waals surface area contributed by atoms with Gasteiger partial charge in [-0.25, -0.2) is 27.2 Å². The van der Waals surface area contributed by atoms with Gasteiger partial charge in [0.2, 0.25) is 5.91 Å². The Morgan fingerprint density at radius 2 is 1.89 bits per heavy atom. The fraction of sp³-hybridized carbons (Fsp3) is 0.417. The van der Waals surface area contributed by atoms with E-state index in [2.05, 4.69) is 20.8 Å². The molecule has 0 bridgehead atoms. The summed E-state index contributed by atoms with van der Waals surface area (Å²) in [4.78, 5) is 35.0. The molecule has 11 nitrogen and oxygen atoms in total. The minimum atomic E-state index is -3.82. The zero-order valence-corrected chi connectivity index (χ0v) is 21.5. The number of carbonyl (C=O) groups excluding carboxylic acids is 2. The maximum Gasteiger partial charge on any atom is 0.410 e. The van der Waals surface area contributed by atoms with Crippen LogP contribution in [0.2, 0.25) is 0 Å². The summed E-state index contributed by atoms with van der Waals surface area (Å²) in [6.45, 7) is 8.33. The highest BCUT2D eigenvalue weighted by atomic mass is 32.2. The number of carbonyl (C=O) groups is 2. The summed E-state index contributed by atoms with van der Waals surface area (Å²) in [6.07, 6.45) is 3.32. The van der Waals surface area contributed by atoms with Crippen molar-refractivity contribution in [2.45, 2.75) is 51.0 Å². The summed E-state index contributed by atoms with van der Waals surface area (Å²) in [5, 5.41) is 0. The standard InChI is InChI=1S/C24H30N6O5S/c1-16-5-7-18(8-6-16)36(33,34)30-12-10-19-22(30)25-14-20(26-19)27-28-21(31)13-17-9-11-29(15-17)23(32)35-24(2,3)4/h5-8,10,12,14,17H,9,11,13,15H2,1-4H3,(H,26,27)(H,28,31). The first kappa shape index (κ1) is 25.4. The van der Waals surface area contributed by atoms with Crippen molar-refractivity contribution in [1.82, 2.24) is 24.3 Å². The normalized spacial score (nSPS) is 16.2. The molecule has 3 aromatic rings. The summed E-state index contributed by atoms with van der Waals surface area (Å²) in [6, 6.07) is 8.11. The predicted molar refractivity (Wildman–Crippen MR) is 134 cm³/mol. The van der Waals surface area contributed by atoms with Gasteiger partial charge >= 0.3 is 6.09 Å². The van der Waals surface area contributed by atoms with Crippen LogP contribution in [0.3, 0.4) is 0 Å². The summed E-state index contributed by atoms with van der Waals surface area (Å²) >= 11 is 0. The molecule has 12 heteroatoms. The molecule has 1 aromatic carbocycles. The van der Waals surface area contributed by atoms with E-state index in [-0.39, 0.29) is 40.7 Å². The van der Waals surface area contributed by atoms with Crippen molar-refractivity contribution in [3.8, 4) is 0 Å². The van der Waals surface area contributed by atoms with E-state index in [9.17, 15) is 18.0 Å². The third-order valence-corrected chi connectivity index (χ3v) is 7.36. The fourth-order valence-electron chi connectivity index (χ4n) is 3.90. The van der Waals surface area contributed by atoms with E-state index >= 15 is 0 Å². The van der Waals surface area contributed by atoms with E-state index in [4.69, 9.17) is 4.74 Å². The largest absolute Gasteiger partial charge is 0.444 e. The number of hydrogen-bond donors (Lipinski definition) is 2. The zero-order chi connectivity index (χ0) is 26.1. The van der Waals surface area contributed by atoms with E-state index in [1.807, 2.05) is 27.7 Å². The topological polar surface area (TPSA) is 136 Å². The maximum atomic E-state index is 13.0.